The molecule has 1 aliphatic carbocycles. The van der Waals surface area contributed by atoms with Gasteiger partial charge in [0.1, 0.15) is 11.9 Å². The Morgan fingerprint density at radius 3 is 2.38 bits per heavy atom. The molecule has 1 saturated heterocycles. The van der Waals surface area contributed by atoms with Gasteiger partial charge in [-0.1, -0.05) is 43.5 Å². The lowest BCUT2D eigenvalue weighted by atomic mass is 9.83. The lowest BCUT2D eigenvalue weighted by Gasteiger charge is -2.38. The largest absolute Gasteiger partial charge is 0.384 e. The molecule has 0 radical (unpaired) electrons. The molecule has 0 unspecified atom stereocenters. The Morgan fingerprint density at radius 1 is 1.07 bits per heavy atom. The SMILES string of the molecule is N=C(N)c1ccc(CNC(=O)[C@@H]2CCCCN2C(=O)[C@H](N)C2CCCCC2)cc1. The van der Waals surface area contributed by atoms with Crippen molar-refractivity contribution < 1.29 is 9.59 Å². The minimum Gasteiger partial charge on any atom is -0.384 e. The van der Waals surface area contributed by atoms with Crippen LogP contribution in [0.15, 0.2) is 24.3 Å². The Kier molecular flexibility index (Phi) is 7.25. The van der Waals surface area contributed by atoms with E-state index in [0.29, 0.717) is 25.1 Å². The van der Waals surface area contributed by atoms with Crippen LogP contribution in [0.1, 0.15) is 62.5 Å². The summed E-state index contributed by atoms with van der Waals surface area (Å²) in [5.74, 6) is 0.0695. The summed E-state index contributed by atoms with van der Waals surface area (Å²) >= 11 is 0. The second kappa shape index (κ2) is 9.87. The topological polar surface area (TPSA) is 125 Å². The Balaban J connectivity index is 1.59. The number of hydrogen-bond acceptors (Lipinski definition) is 4. The van der Waals surface area contributed by atoms with Crippen LogP contribution in [-0.4, -0.2) is 41.2 Å². The van der Waals surface area contributed by atoms with Crippen LogP contribution in [0.2, 0.25) is 0 Å². The zero-order valence-electron chi connectivity index (χ0n) is 17.0. The number of hydrogen-bond donors (Lipinski definition) is 4. The summed E-state index contributed by atoms with van der Waals surface area (Å²) in [6, 6.07) is 6.29. The molecule has 7 heteroatoms. The molecule has 0 bridgehead atoms. The average Bonchev–Trinajstić information content (AvgIpc) is 2.77. The predicted molar refractivity (Wildman–Crippen MR) is 113 cm³/mol. The molecule has 1 aromatic carbocycles. The second-order valence-electron chi connectivity index (χ2n) is 8.30. The minimum atomic E-state index is -0.497. The van der Waals surface area contributed by atoms with Crippen molar-refractivity contribution in [1.29, 1.82) is 5.41 Å². The van der Waals surface area contributed by atoms with Gasteiger partial charge in [-0.15, -0.1) is 0 Å². The van der Waals surface area contributed by atoms with Gasteiger partial charge >= 0.3 is 0 Å². The molecule has 1 heterocycles. The second-order valence-corrected chi connectivity index (χ2v) is 8.30. The Bertz CT molecular complexity index is 727. The van der Waals surface area contributed by atoms with Crippen molar-refractivity contribution in [3.8, 4) is 0 Å². The fourth-order valence-electron chi connectivity index (χ4n) is 4.46. The summed E-state index contributed by atoms with van der Waals surface area (Å²) in [6.45, 7) is 0.981. The summed E-state index contributed by atoms with van der Waals surface area (Å²) in [5, 5.41) is 10.4. The number of carbonyl (C=O) groups is 2. The fraction of sp³-hybridized carbons (Fsp3) is 0.591. The van der Waals surface area contributed by atoms with E-state index in [4.69, 9.17) is 16.9 Å². The highest BCUT2D eigenvalue weighted by Gasteiger charge is 2.36. The van der Waals surface area contributed by atoms with Gasteiger partial charge in [0.2, 0.25) is 11.8 Å². The zero-order chi connectivity index (χ0) is 20.8. The van der Waals surface area contributed by atoms with Gasteiger partial charge in [-0.3, -0.25) is 15.0 Å². The lowest BCUT2D eigenvalue weighted by molar-refractivity contribution is -0.144. The van der Waals surface area contributed by atoms with Crippen LogP contribution in [0.5, 0.6) is 0 Å². The van der Waals surface area contributed by atoms with E-state index in [0.717, 1.165) is 44.1 Å². The van der Waals surface area contributed by atoms with Crippen molar-refractivity contribution >= 4 is 17.6 Å². The quantitative estimate of drug-likeness (QED) is 0.430. The maximum absolute atomic E-state index is 13.1. The van der Waals surface area contributed by atoms with Crippen LogP contribution in [0.3, 0.4) is 0 Å². The fourth-order valence-corrected chi connectivity index (χ4v) is 4.46. The first-order valence-corrected chi connectivity index (χ1v) is 10.7. The van der Waals surface area contributed by atoms with Crippen LogP contribution < -0.4 is 16.8 Å². The number of nitrogens with zero attached hydrogens (tertiary/aromatic N) is 1. The smallest absolute Gasteiger partial charge is 0.243 e. The molecule has 7 nitrogen and oxygen atoms in total. The van der Waals surface area contributed by atoms with Gasteiger partial charge in [-0.2, -0.15) is 0 Å². The number of benzene rings is 1. The van der Waals surface area contributed by atoms with E-state index in [9.17, 15) is 9.59 Å². The van der Waals surface area contributed by atoms with Gasteiger partial charge in [0.05, 0.1) is 6.04 Å². The van der Waals surface area contributed by atoms with E-state index in [1.54, 1.807) is 17.0 Å². The summed E-state index contributed by atoms with van der Waals surface area (Å²) in [5.41, 5.74) is 13.4. The number of nitrogens with two attached hydrogens (primary N) is 2. The lowest BCUT2D eigenvalue weighted by Crippen LogP contribution is -2.57. The van der Waals surface area contributed by atoms with Gasteiger partial charge in [0.25, 0.3) is 0 Å². The molecule has 1 aliphatic heterocycles. The molecule has 6 N–H and O–H groups in total. The predicted octanol–water partition coefficient (Wildman–Crippen LogP) is 1.88. The molecular weight excluding hydrogens is 366 g/mol. The van der Waals surface area contributed by atoms with Crippen molar-refractivity contribution in [3.63, 3.8) is 0 Å². The number of piperidine rings is 1. The molecule has 2 fully saturated rings. The van der Waals surface area contributed by atoms with Gasteiger partial charge in [-0.25, -0.2) is 0 Å². The highest BCUT2D eigenvalue weighted by atomic mass is 16.2. The molecule has 1 saturated carbocycles. The molecule has 2 amide bonds. The van der Waals surface area contributed by atoms with Crippen molar-refractivity contribution in [2.45, 2.75) is 70.0 Å². The van der Waals surface area contributed by atoms with E-state index < -0.39 is 12.1 Å². The van der Waals surface area contributed by atoms with E-state index >= 15 is 0 Å². The molecule has 2 atom stereocenters. The Hall–Kier alpha value is -2.41. The van der Waals surface area contributed by atoms with E-state index in [1.165, 1.54) is 6.42 Å². The minimum absolute atomic E-state index is 0.0197. The van der Waals surface area contributed by atoms with E-state index in [2.05, 4.69) is 5.32 Å². The van der Waals surface area contributed by atoms with E-state index in [-0.39, 0.29) is 23.6 Å². The maximum Gasteiger partial charge on any atom is 0.243 e. The first-order chi connectivity index (χ1) is 14.0. The normalized spacial score (nSPS) is 21.4. The molecule has 29 heavy (non-hydrogen) atoms. The van der Waals surface area contributed by atoms with Crippen LogP contribution >= 0.6 is 0 Å². The summed E-state index contributed by atoms with van der Waals surface area (Å²) in [7, 11) is 0. The highest BCUT2D eigenvalue weighted by Crippen LogP contribution is 2.28. The molecular formula is C22H33N5O2. The highest BCUT2D eigenvalue weighted by molar-refractivity contribution is 5.95. The molecule has 3 rings (SSSR count). The van der Waals surface area contributed by atoms with Gasteiger partial charge < -0.3 is 21.7 Å². The summed E-state index contributed by atoms with van der Waals surface area (Å²) < 4.78 is 0. The van der Waals surface area contributed by atoms with E-state index in [1.807, 2.05) is 12.1 Å². The van der Waals surface area contributed by atoms with Crippen molar-refractivity contribution in [3.05, 3.63) is 35.4 Å². The first-order valence-electron chi connectivity index (χ1n) is 10.7. The standard InChI is InChI=1S/C22H33N5O2/c23-19(16-6-2-1-3-7-16)22(29)27-13-5-4-8-18(27)21(28)26-14-15-9-11-17(12-10-15)20(24)25/h9-12,16,18-19H,1-8,13-14,23H2,(H3,24,25)(H,26,28)/t18-,19+/m0/s1. The van der Waals surface area contributed by atoms with Crippen LogP contribution in [0, 0.1) is 11.3 Å². The number of nitrogens with one attached hydrogen (secondary N) is 2. The Labute approximate surface area is 172 Å². The van der Waals surface area contributed by atoms with Crippen molar-refractivity contribution in [2.24, 2.45) is 17.4 Å². The summed E-state index contributed by atoms with van der Waals surface area (Å²) in [6.07, 6.45) is 8.04. The maximum atomic E-state index is 13.1. The van der Waals surface area contributed by atoms with Crippen LogP contribution in [0.4, 0.5) is 0 Å². The number of amides is 2. The van der Waals surface area contributed by atoms with Gasteiger partial charge in [0.15, 0.2) is 0 Å². The number of rotatable bonds is 6. The Morgan fingerprint density at radius 2 is 1.72 bits per heavy atom. The third-order valence-electron chi connectivity index (χ3n) is 6.26. The molecule has 158 valence electrons. The number of nitrogen functional groups attached to an aromatic ring is 1. The number of amidine groups is 1. The van der Waals surface area contributed by atoms with Gasteiger partial charge in [0, 0.05) is 18.7 Å². The molecule has 0 aromatic heterocycles. The third-order valence-corrected chi connectivity index (χ3v) is 6.26. The van der Waals surface area contributed by atoms with Crippen molar-refractivity contribution in [2.75, 3.05) is 6.54 Å². The van der Waals surface area contributed by atoms with Crippen LogP contribution in [-0.2, 0) is 16.1 Å². The number of carbonyl (C=O) groups excluding carboxylic acids is 2. The van der Waals surface area contributed by atoms with Crippen molar-refractivity contribution in [1.82, 2.24) is 10.2 Å². The van der Waals surface area contributed by atoms with Gasteiger partial charge in [-0.05, 0) is 43.6 Å². The zero-order valence-corrected chi connectivity index (χ0v) is 17.0. The van der Waals surface area contributed by atoms with Crippen LogP contribution in [0.25, 0.3) is 0 Å². The molecule has 2 aliphatic rings. The summed E-state index contributed by atoms with van der Waals surface area (Å²) in [4.78, 5) is 27.7. The molecule has 0 spiro atoms. The first kappa shape index (κ1) is 21.3. The monoisotopic (exact) mass is 399 g/mol. The molecule has 1 aromatic rings. The third kappa shape index (κ3) is 5.35. The number of likely N-dealkylation sites (tertiary alicyclic amines) is 1. The average molecular weight is 400 g/mol.